The Balaban J connectivity index is 0.000000200. The predicted molar refractivity (Wildman–Crippen MR) is 170 cm³/mol. The van der Waals surface area contributed by atoms with Crippen molar-refractivity contribution < 1.29 is 47.3 Å². The van der Waals surface area contributed by atoms with Gasteiger partial charge in [0, 0.05) is 19.6 Å². The van der Waals surface area contributed by atoms with Gasteiger partial charge in [-0.05, 0) is 11.1 Å². The summed E-state index contributed by atoms with van der Waals surface area (Å²) in [7, 11) is 0. The van der Waals surface area contributed by atoms with Crippen LogP contribution >= 0.6 is 0 Å². The van der Waals surface area contributed by atoms with Crippen molar-refractivity contribution >= 4 is 24.1 Å². The lowest BCUT2D eigenvalue weighted by Crippen LogP contribution is -2.39. The topological polar surface area (TPSA) is 170 Å². The molecule has 0 spiro atoms. The van der Waals surface area contributed by atoms with Gasteiger partial charge in [-0.3, -0.25) is 14.2 Å². The van der Waals surface area contributed by atoms with E-state index in [1.165, 1.54) is 22.2 Å². The van der Waals surface area contributed by atoms with Crippen LogP contribution in [0.4, 0.5) is 18.4 Å². The number of amides is 3. The summed E-state index contributed by atoms with van der Waals surface area (Å²) in [5, 5.41) is 19.8. The summed E-state index contributed by atoms with van der Waals surface area (Å²) in [4.78, 5) is 50.8. The van der Waals surface area contributed by atoms with Crippen LogP contribution < -0.4 is 5.32 Å². The van der Waals surface area contributed by atoms with E-state index in [-0.39, 0.29) is 50.6 Å². The largest absolute Gasteiger partial charge is 0.478 e. The van der Waals surface area contributed by atoms with Gasteiger partial charge < -0.3 is 34.4 Å². The van der Waals surface area contributed by atoms with Gasteiger partial charge in [-0.1, -0.05) is 60.7 Å². The van der Waals surface area contributed by atoms with E-state index in [0.29, 0.717) is 37.6 Å². The lowest BCUT2D eigenvalue weighted by molar-refractivity contribution is -0.126. The highest BCUT2D eigenvalue weighted by atomic mass is 19.3. The third-order valence-electron chi connectivity index (χ3n) is 7.78. The van der Waals surface area contributed by atoms with Crippen molar-refractivity contribution in [3.05, 3.63) is 107 Å². The van der Waals surface area contributed by atoms with E-state index in [9.17, 15) is 28.0 Å². The van der Waals surface area contributed by atoms with Gasteiger partial charge in [0.05, 0.1) is 62.1 Å². The van der Waals surface area contributed by atoms with Crippen LogP contribution in [0.5, 0.6) is 0 Å². The van der Waals surface area contributed by atoms with Gasteiger partial charge in [0.15, 0.2) is 0 Å². The quantitative estimate of drug-likeness (QED) is 0.233. The van der Waals surface area contributed by atoms with Crippen LogP contribution in [0.15, 0.2) is 73.1 Å². The summed E-state index contributed by atoms with van der Waals surface area (Å²) in [5.41, 5.74) is 3.29. The molecule has 264 valence electrons. The lowest BCUT2D eigenvalue weighted by atomic mass is 10.2. The molecular formula is C33H35F2N7O8. The molecule has 15 nitrogen and oxygen atoms in total. The molecule has 2 aliphatic heterocycles. The Bertz CT molecular complexity index is 1770. The average Bonchev–Trinajstić information content (AvgIpc) is 3.76. The molecule has 0 bridgehead atoms. The Kier molecular flexibility index (Phi) is 12.1. The molecule has 2 aromatic heterocycles. The van der Waals surface area contributed by atoms with Crippen LogP contribution in [0, 0.1) is 0 Å². The Morgan fingerprint density at radius 3 is 1.70 bits per heavy atom. The first-order valence-corrected chi connectivity index (χ1v) is 15.6. The number of halogens is 2. The highest BCUT2D eigenvalue weighted by molar-refractivity contribution is 5.95. The Morgan fingerprint density at radius 2 is 1.22 bits per heavy atom. The second-order valence-electron chi connectivity index (χ2n) is 11.1. The lowest BCUT2D eigenvalue weighted by Gasteiger charge is -2.27. The van der Waals surface area contributed by atoms with Crippen molar-refractivity contribution in [2.24, 2.45) is 0 Å². The van der Waals surface area contributed by atoms with Crippen molar-refractivity contribution in [1.82, 2.24) is 34.7 Å². The van der Waals surface area contributed by atoms with E-state index in [1.807, 2.05) is 60.7 Å². The van der Waals surface area contributed by atoms with Gasteiger partial charge >= 0.3 is 24.8 Å². The number of carboxylic acids is 1. The second-order valence-corrected chi connectivity index (χ2v) is 11.1. The van der Waals surface area contributed by atoms with Crippen LogP contribution in [0.25, 0.3) is 0 Å². The number of carbonyl (C=O) groups is 4. The van der Waals surface area contributed by atoms with Crippen LogP contribution in [0.3, 0.4) is 0 Å². The number of aromatic nitrogens is 4. The number of fused-ring (bicyclic) bond motifs is 2. The first kappa shape index (κ1) is 35.5. The maximum atomic E-state index is 12.3. The third-order valence-corrected chi connectivity index (χ3v) is 7.78. The molecule has 2 aliphatic rings. The number of carboxylic acid groups (broad SMARTS) is 1. The Hall–Kier alpha value is -5.84. The van der Waals surface area contributed by atoms with Gasteiger partial charge in [-0.25, -0.2) is 14.4 Å². The summed E-state index contributed by atoms with van der Waals surface area (Å²) in [6, 6.07) is 18.7. The zero-order chi connectivity index (χ0) is 35.5. The van der Waals surface area contributed by atoms with Gasteiger partial charge in [0.25, 0.3) is 5.91 Å². The highest BCUT2D eigenvalue weighted by Crippen LogP contribution is 2.19. The van der Waals surface area contributed by atoms with Gasteiger partial charge in [0.1, 0.15) is 18.8 Å². The molecule has 0 saturated carbocycles. The molecule has 0 saturated heterocycles. The van der Waals surface area contributed by atoms with Crippen LogP contribution in [0.1, 0.15) is 43.2 Å². The molecule has 50 heavy (non-hydrogen) atoms. The molecule has 0 aliphatic carbocycles. The number of carbonyl (C=O) groups excluding carboxylic acids is 3. The second kappa shape index (κ2) is 17.0. The van der Waals surface area contributed by atoms with E-state index in [2.05, 4.69) is 20.3 Å². The van der Waals surface area contributed by atoms with E-state index >= 15 is 0 Å². The minimum absolute atomic E-state index is 0.0589. The van der Waals surface area contributed by atoms with E-state index in [1.54, 1.807) is 9.36 Å². The molecule has 0 fully saturated rings. The van der Waals surface area contributed by atoms with E-state index < -0.39 is 30.7 Å². The molecule has 4 aromatic rings. The number of nitrogens with one attached hydrogen (secondary N) is 1. The zero-order valence-electron chi connectivity index (χ0n) is 26.8. The maximum Gasteiger partial charge on any atom is 0.410 e. The minimum Gasteiger partial charge on any atom is -0.478 e. The zero-order valence-corrected chi connectivity index (χ0v) is 26.8. The predicted octanol–water partition coefficient (Wildman–Crippen LogP) is 3.74. The smallest absolute Gasteiger partial charge is 0.410 e. The Labute approximate surface area is 284 Å². The van der Waals surface area contributed by atoms with Crippen molar-refractivity contribution in [2.75, 3.05) is 26.2 Å². The third kappa shape index (κ3) is 9.40. The fraction of sp³-hybridized carbons (Fsp3) is 0.333. The SMILES string of the molecule is O=C(NCCOC(F)F)c1cnn2c1CN(C(=O)OCc1ccccc1)CC2.O=C(O)c1cnn2c1CN(C(=O)OCc1ccccc1)CC2. The van der Waals surface area contributed by atoms with Crippen LogP contribution in [-0.4, -0.2) is 91.4 Å². The van der Waals surface area contributed by atoms with Crippen molar-refractivity contribution in [3.63, 3.8) is 0 Å². The van der Waals surface area contributed by atoms with Crippen molar-refractivity contribution in [2.45, 2.75) is 46.0 Å². The van der Waals surface area contributed by atoms with Crippen molar-refractivity contribution in [3.8, 4) is 0 Å². The average molecular weight is 696 g/mol. The molecule has 0 radical (unpaired) electrons. The molecule has 2 N–H and O–H groups in total. The normalized spacial score (nSPS) is 13.4. The molecular weight excluding hydrogens is 660 g/mol. The van der Waals surface area contributed by atoms with E-state index in [4.69, 9.17) is 14.6 Å². The number of hydrogen-bond donors (Lipinski definition) is 2. The fourth-order valence-corrected chi connectivity index (χ4v) is 5.20. The molecule has 4 heterocycles. The highest BCUT2D eigenvalue weighted by Gasteiger charge is 2.28. The maximum absolute atomic E-state index is 12.3. The number of nitrogens with zero attached hydrogens (tertiary/aromatic N) is 6. The summed E-state index contributed by atoms with van der Waals surface area (Å²) >= 11 is 0. The van der Waals surface area contributed by atoms with Crippen LogP contribution in [-0.2, 0) is 53.6 Å². The Morgan fingerprint density at radius 1 is 0.740 bits per heavy atom. The van der Waals surface area contributed by atoms with Gasteiger partial charge in [0.2, 0.25) is 0 Å². The number of ether oxygens (including phenoxy) is 3. The number of rotatable bonds is 10. The summed E-state index contributed by atoms with van der Waals surface area (Å²) < 4.78 is 41.9. The molecule has 0 atom stereocenters. The fourth-order valence-electron chi connectivity index (χ4n) is 5.20. The first-order chi connectivity index (χ1) is 24.2. The standard InChI is InChI=1S/C18H20F2N4O4.C15H15N3O4/c19-17(20)27-9-6-21-16(25)14-10-22-24-8-7-23(11-15(14)24)18(26)28-12-13-4-2-1-3-5-13;19-14(20)12-8-16-18-7-6-17(9-13(12)18)15(21)22-10-11-4-2-1-3-5-11/h1-5,10,17H,6-9,11-12H2,(H,21,25);1-5,8H,6-7,9-10H2,(H,19,20). The van der Waals surface area contributed by atoms with Crippen molar-refractivity contribution in [1.29, 1.82) is 0 Å². The van der Waals surface area contributed by atoms with Gasteiger partial charge in [-0.15, -0.1) is 0 Å². The van der Waals surface area contributed by atoms with Crippen LogP contribution in [0.2, 0.25) is 0 Å². The van der Waals surface area contributed by atoms with Gasteiger partial charge in [-0.2, -0.15) is 19.0 Å². The summed E-state index contributed by atoms with van der Waals surface area (Å²) in [5.74, 6) is -1.50. The first-order valence-electron chi connectivity index (χ1n) is 15.6. The molecule has 0 unspecified atom stereocenters. The monoisotopic (exact) mass is 695 g/mol. The molecule has 6 rings (SSSR count). The summed E-state index contributed by atoms with van der Waals surface area (Å²) in [6.45, 7) is -0.779. The van der Waals surface area contributed by atoms with E-state index in [0.717, 1.165) is 11.1 Å². The minimum atomic E-state index is -2.88. The number of benzene rings is 2. The molecule has 17 heteroatoms. The molecule has 3 amide bonds. The number of alkyl halides is 2. The summed E-state index contributed by atoms with van der Waals surface area (Å²) in [6.07, 6.45) is 1.79. The number of hydrogen-bond acceptors (Lipinski definition) is 9. The number of aromatic carboxylic acids is 1. The molecule has 2 aromatic carbocycles.